The van der Waals surface area contributed by atoms with E-state index in [2.05, 4.69) is 15.0 Å². The average Bonchev–Trinajstić information content (AvgIpc) is 3.08. The fourth-order valence-electron chi connectivity index (χ4n) is 2.41. The van der Waals surface area contributed by atoms with Crippen LogP contribution in [0.25, 0.3) is 0 Å². The van der Waals surface area contributed by atoms with Gasteiger partial charge < -0.3 is 10.1 Å². The summed E-state index contributed by atoms with van der Waals surface area (Å²) in [6, 6.07) is 7.91. The van der Waals surface area contributed by atoms with Crippen molar-refractivity contribution in [2.45, 2.75) is 23.8 Å². The zero-order valence-electron chi connectivity index (χ0n) is 12.9. The summed E-state index contributed by atoms with van der Waals surface area (Å²) >= 11 is 0. The molecule has 8 heteroatoms. The van der Waals surface area contributed by atoms with Crippen LogP contribution in [0.1, 0.15) is 12.8 Å². The van der Waals surface area contributed by atoms with Crippen LogP contribution in [0, 0.1) is 5.82 Å². The van der Waals surface area contributed by atoms with Crippen molar-refractivity contribution in [3.8, 4) is 0 Å². The third-order valence-corrected chi connectivity index (χ3v) is 5.05. The Balaban J connectivity index is 1.61. The molecule has 2 heterocycles. The number of rotatable bonds is 6. The molecular weight excluding hydrogens is 333 g/mol. The molecule has 0 aliphatic carbocycles. The van der Waals surface area contributed by atoms with Gasteiger partial charge >= 0.3 is 0 Å². The van der Waals surface area contributed by atoms with E-state index in [1.54, 1.807) is 18.3 Å². The zero-order chi connectivity index (χ0) is 17.0. The summed E-state index contributed by atoms with van der Waals surface area (Å²) in [5, 5.41) is 3.21. The van der Waals surface area contributed by atoms with Crippen molar-refractivity contribution >= 4 is 21.5 Å². The Labute approximate surface area is 140 Å². The molecule has 1 unspecified atom stereocenters. The minimum absolute atomic E-state index is 0.0220. The number of hydrogen-bond donors (Lipinski definition) is 2. The Morgan fingerprint density at radius 2 is 2.00 bits per heavy atom. The van der Waals surface area contributed by atoms with Crippen molar-refractivity contribution in [3.63, 3.8) is 0 Å². The first-order valence-corrected chi connectivity index (χ1v) is 9.11. The number of benzene rings is 1. The molecule has 0 spiro atoms. The van der Waals surface area contributed by atoms with Crippen LogP contribution in [-0.2, 0) is 14.8 Å². The molecule has 1 fully saturated rings. The molecule has 0 radical (unpaired) electrons. The van der Waals surface area contributed by atoms with Gasteiger partial charge in [-0.1, -0.05) is 0 Å². The predicted molar refractivity (Wildman–Crippen MR) is 88.9 cm³/mol. The zero-order valence-corrected chi connectivity index (χ0v) is 13.7. The topological polar surface area (TPSA) is 80.3 Å². The van der Waals surface area contributed by atoms with Gasteiger partial charge in [0.15, 0.2) is 0 Å². The summed E-state index contributed by atoms with van der Waals surface area (Å²) in [7, 11) is -3.79. The largest absolute Gasteiger partial charge is 0.381 e. The molecule has 1 atom stereocenters. The van der Waals surface area contributed by atoms with Gasteiger partial charge in [0.1, 0.15) is 11.6 Å². The van der Waals surface area contributed by atoms with Crippen molar-refractivity contribution in [1.82, 2.24) is 4.98 Å². The van der Waals surface area contributed by atoms with Gasteiger partial charge in [0.2, 0.25) is 0 Å². The standard InChI is InChI=1S/C16H18FN3O3S/c17-12-3-6-15(7-4-12)24(21,22)20-16-8-5-13(10-19-16)18-11-14-2-1-9-23-14/h3-8,10,14,18H,1-2,9,11H2,(H,19,20). The first-order valence-electron chi connectivity index (χ1n) is 7.63. The number of nitrogens with zero attached hydrogens (tertiary/aromatic N) is 1. The lowest BCUT2D eigenvalue weighted by Crippen LogP contribution is -2.18. The maximum Gasteiger partial charge on any atom is 0.263 e. The molecule has 0 amide bonds. The Kier molecular flexibility index (Phi) is 4.96. The molecule has 1 aliphatic heterocycles. The number of nitrogens with one attached hydrogen (secondary N) is 2. The first kappa shape index (κ1) is 16.7. The third-order valence-electron chi connectivity index (χ3n) is 3.68. The van der Waals surface area contributed by atoms with E-state index in [0.717, 1.165) is 37.3 Å². The fourth-order valence-corrected chi connectivity index (χ4v) is 3.41. The highest BCUT2D eigenvalue weighted by atomic mass is 32.2. The van der Waals surface area contributed by atoms with Crippen LogP contribution in [0.3, 0.4) is 0 Å². The quantitative estimate of drug-likeness (QED) is 0.836. The predicted octanol–water partition coefficient (Wildman–Crippen LogP) is 2.61. The number of halogens is 1. The van der Waals surface area contributed by atoms with Gasteiger partial charge in [-0.05, 0) is 49.2 Å². The van der Waals surface area contributed by atoms with Gasteiger partial charge in [0, 0.05) is 13.2 Å². The Morgan fingerprint density at radius 1 is 1.21 bits per heavy atom. The van der Waals surface area contributed by atoms with Gasteiger partial charge in [-0.15, -0.1) is 0 Å². The number of aromatic nitrogens is 1. The Bertz CT molecular complexity index is 773. The maximum absolute atomic E-state index is 12.9. The summed E-state index contributed by atoms with van der Waals surface area (Å²) < 4.78 is 45.2. The lowest BCUT2D eigenvalue weighted by atomic mass is 10.2. The molecule has 1 saturated heterocycles. The summed E-state index contributed by atoms with van der Waals surface area (Å²) in [6.07, 6.45) is 3.88. The van der Waals surface area contributed by atoms with Gasteiger partial charge in [-0.25, -0.2) is 17.8 Å². The van der Waals surface area contributed by atoms with Crippen LogP contribution in [0.15, 0.2) is 47.5 Å². The molecule has 128 valence electrons. The third kappa shape index (κ3) is 4.21. The second kappa shape index (κ2) is 7.14. The number of sulfonamides is 1. The number of pyridine rings is 1. The van der Waals surface area contributed by atoms with Crippen LogP contribution >= 0.6 is 0 Å². The van der Waals surface area contributed by atoms with Crippen molar-refractivity contribution in [2.24, 2.45) is 0 Å². The molecule has 0 saturated carbocycles. The minimum atomic E-state index is -3.79. The second-order valence-corrected chi connectivity index (χ2v) is 7.19. The Hall–Kier alpha value is -2.19. The highest BCUT2D eigenvalue weighted by Gasteiger charge is 2.16. The molecular formula is C16H18FN3O3S. The lowest BCUT2D eigenvalue weighted by molar-refractivity contribution is 0.120. The van der Waals surface area contributed by atoms with Crippen molar-refractivity contribution < 1.29 is 17.5 Å². The van der Waals surface area contributed by atoms with E-state index < -0.39 is 15.8 Å². The molecule has 2 N–H and O–H groups in total. The summed E-state index contributed by atoms with van der Waals surface area (Å²) in [5.74, 6) is -0.296. The first-order chi connectivity index (χ1) is 11.5. The van der Waals surface area contributed by atoms with Crippen molar-refractivity contribution in [3.05, 3.63) is 48.4 Å². The van der Waals surface area contributed by atoms with E-state index in [9.17, 15) is 12.8 Å². The van der Waals surface area contributed by atoms with E-state index in [1.807, 2.05) is 0 Å². The number of anilines is 2. The van der Waals surface area contributed by atoms with E-state index in [4.69, 9.17) is 4.74 Å². The van der Waals surface area contributed by atoms with Gasteiger partial charge in [0.05, 0.1) is 22.9 Å². The molecule has 6 nitrogen and oxygen atoms in total. The Morgan fingerprint density at radius 3 is 2.62 bits per heavy atom. The second-order valence-electron chi connectivity index (χ2n) is 5.51. The summed E-state index contributed by atoms with van der Waals surface area (Å²) in [6.45, 7) is 1.50. The molecule has 1 aliphatic rings. The van der Waals surface area contributed by atoms with Crippen LogP contribution in [-0.4, -0.2) is 32.7 Å². The fraction of sp³-hybridized carbons (Fsp3) is 0.312. The van der Waals surface area contributed by atoms with Crippen LogP contribution in [0.5, 0.6) is 0 Å². The van der Waals surface area contributed by atoms with E-state index >= 15 is 0 Å². The smallest absolute Gasteiger partial charge is 0.263 e. The monoisotopic (exact) mass is 351 g/mol. The summed E-state index contributed by atoms with van der Waals surface area (Å²) in [5.41, 5.74) is 0.787. The lowest BCUT2D eigenvalue weighted by Gasteiger charge is -2.12. The maximum atomic E-state index is 12.9. The molecule has 1 aromatic heterocycles. The minimum Gasteiger partial charge on any atom is -0.381 e. The highest BCUT2D eigenvalue weighted by Crippen LogP contribution is 2.17. The van der Waals surface area contributed by atoms with E-state index in [0.29, 0.717) is 6.54 Å². The molecule has 2 aromatic rings. The number of hydrogen-bond acceptors (Lipinski definition) is 5. The normalized spacial score (nSPS) is 17.6. The molecule has 1 aromatic carbocycles. The SMILES string of the molecule is O=S(=O)(Nc1ccc(NCC2CCCO2)cn1)c1ccc(F)cc1. The van der Waals surface area contributed by atoms with Crippen molar-refractivity contribution in [1.29, 1.82) is 0 Å². The van der Waals surface area contributed by atoms with Crippen molar-refractivity contribution in [2.75, 3.05) is 23.2 Å². The average molecular weight is 351 g/mol. The molecule has 0 bridgehead atoms. The van der Waals surface area contributed by atoms with Gasteiger partial charge in [-0.2, -0.15) is 0 Å². The highest BCUT2D eigenvalue weighted by molar-refractivity contribution is 7.92. The number of ether oxygens (including phenoxy) is 1. The summed E-state index contributed by atoms with van der Waals surface area (Å²) in [4.78, 5) is 4.06. The van der Waals surface area contributed by atoms with Gasteiger partial charge in [0.25, 0.3) is 10.0 Å². The van der Waals surface area contributed by atoms with Crippen LogP contribution in [0.4, 0.5) is 15.9 Å². The van der Waals surface area contributed by atoms with Gasteiger partial charge in [-0.3, -0.25) is 4.72 Å². The van der Waals surface area contributed by atoms with E-state index in [1.165, 1.54) is 12.1 Å². The molecule has 3 rings (SSSR count). The molecule has 24 heavy (non-hydrogen) atoms. The van der Waals surface area contributed by atoms with Crippen LogP contribution in [0.2, 0.25) is 0 Å². The van der Waals surface area contributed by atoms with E-state index in [-0.39, 0.29) is 16.8 Å². The van der Waals surface area contributed by atoms with Crippen LogP contribution < -0.4 is 10.0 Å².